The lowest BCUT2D eigenvalue weighted by atomic mass is 10.1. The number of likely N-dealkylation sites (tertiary alicyclic amines) is 1. The van der Waals surface area contributed by atoms with Crippen LogP contribution in [0.4, 0.5) is 4.79 Å². The molecule has 2 unspecified atom stereocenters. The van der Waals surface area contributed by atoms with E-state index in [9.17, 15) is 9.59 Å². The van der Waals surface area contributed by atoms with Crippen LogP contribution in [0.2, 0.25) is 5.02 Å². The van der Waals surface area contributed by atoms with Crippen LogP contribution in [0.15, 0.2) is 24.3 Å². The van der Waals surface area contributed by atoms with E-state index in [0.29, 0.717) is 24.4 Å². The summed E-state index contributed by atoms with van der Waals surface area (Å²) in [4.78, 5) is 24.6. The van der Waals surface area contributed by atoms with Crippen molar-refractivity contribution in [2.24, 2.45) is 0 Å². The third-order valence-electron chi connectivity index (χ3n) is 3.51. The van der Waals surface area contributed by atoms with Crippen molar-refractivity contribution in [1.82, 2.24) is 10.2 Å². The SMILES string of the molecule is CC(NC(=O)N1CCCC1C(=O)O)c1ccccc1Cl. The van der Waals surface area contributed by atoms with Crippen LogP contribution in [0.5, 0.6) is 0 Å². The van der Waals surface area contributed by atoms with Crippen LogP contribution >= 0.6 is 11.6 Å². The van der Waals surface area contributed by atoms with Gasteiger partial charge in [-0.3, -0.25) is 0 Å². The first-order valence-electron chi connectivity index (χ1n) is 6.55. The highest BCUT2D eigenvalue weighted by atomic mass is 35.5. The smallest absolute Gasteiger partial charge is 0.326 e. The molecule has 2 amide bonds. The highest BCUT2D eigenvalue weighted by molar-refractivity contribution is 6.31. The van der Waals surface area contributed by atoms with Crippen LogP contribution in [0, 0.1) is 0 Å². The summed E-state index contributed by atoms with van der Waals surface area (Å²) < 4.78 is 0. The van der Waals surface area contributed by atoms with Crippen molar-refractivity contribution in [2.45, 2.75) is 31.8 Å². The van der Waals surface area contributed by atoms with Gasteiger partial charge in [0.25, 0.3) is 0 Å². The Balaban J connectivity index is 2.04. The molecule has 1 fully saturated rings. The topological polar surface area (TPSA) is 69.6 Å². The largest absolute Gasteiger partial charge is 0.480 e. The molecule has 2 atom stereocenters. The van der Waals surface area contributed by atoms with Gasteiger partial charge in [0.1, 0.15) is 6.04 Å². The predicted octanol–water partition coefficient (Wildman–Crippen LogP) is 2.66. The van der Waals surface area contributed by atoms with Crippen LogP contribution in [-0.2, 0) is 4.79 Å². The summed E-state index contributed by atoms with van der Waals surface area (Å²) >= 11 is 6.08. The Kier molecular flexibility index (Phi) is 4.49. The van der Waals surface area contributed by atoms with E-state index in [-0.39, 0.29) is 12.1 Å². The molecule has 0 saturated carbocycles. The minimum absolute atomic E-state index is 0.272. The Morgan fingerprint density at radius 3 is 2.80 bits per heavy atom. The van der Waals surface area contributed by atoms with Gasteiger partial charge in [-0.25, -0.2) is 9.59 Å². The van der Waals surface area contributed by atoms with Crippen molar-refractivity contribution in [3.8, 4) is 0 Å². The van der Waals surface area contributed by atoms with Crippen molar-refractivity contribution in [2.75, 3.05) is 6.54 Å². The summed E-state index contributed by atoms with van der Waals surface area (Å²) in [7, 11) is 0. The number of hydrogen-bond acceptors (Lipinski definition) is 2. The molecule has 0 radical (unpaired) electrons. The predicted molar refractivity (Wildman–Crippen MR) is 75.8 cm³/mol. The van der Waals surface area contributed by atoms with Gasteiger partial charge in [-0.15, -0.1) is 0 Å². The van der Waals surface area contributed by atoms with Gasteiger partial charge in [0.05, 0.1) is 6.04 Å². The molecular formula is C14H17ClN2O3. The fourth-order valence-corrected chi connectivity index (χ4v) is 2.74. The molecule has 0 spiro atoms. The second kappa shape index (κ2) is 6.13. The van der Waals surface area contributed by atoms with E-state index in [1.54, 1.807) is 6.07 Å². The highest BCUT2D eigenvalue weighted by Crippen LogP contribution is 2.23. The van der Waals surface area contributed by atoms with E-state index < -0.39 is 12.0 Å². The molecule has 2 rings (SSSR count). The maximum Gasteiger partial charge on any atom is 0.326 e. The third kappa shape index (κ3) is 3.04. The molecule has 1 saturated heterocycles. The molecule has 0 aromatic heterocycles. The maximum absolute atomic E-state index is 12.2. The number of hydrogen-bond donors (Lipinski definition) is 2. The minimum atomic E-state index is -0.956. The number of carbonyl (C=O) groups excluding carboxylic acids is 1. The number of halogens is 1. The average molecular weight is 297 g/mol. The standard InChI is InChI=1S/C14H17ClN2O3/c1-9(10-5-2-3-6-11(10)15)16-14(20)17-8-4-7-12(17)13(18)19/h2-3,5-6,9,12H,4,7-8H2,1H3,(H,16,20)(H,18,19). The van der Waals surface area contributed by atoms with Crippen molar-refractivity contribution in [3.63, 3.8) is 0 Å². The molecule has 6 heteroatoms. The number of nitrogens with zero attached hydrogens (tertiary/aromatic N) is 1. The van der Waals surface area contributed by atoms with Crippen LogP contribution in [0.1, 0.15) is 31.4 Å². The first-order chi connectivity index (χ1) is 9.50. The summed E-state index contributed by atoms with van der Waals surface area (Å²) in [5.41, 5.74) is 0.814. The molecule has 2 N–H and O–H groups in total. The second-order valence-electron chi connectivity index (χ2n) is 4.88. The van der Waals surface area contributed by atoms with Gasteiger partial charge in [0.15, 0.2) is 0 Å². The van der Waals surface area contributed by atoms with Gasteiger partial charge in [-0.2, -0.15) is 0 Å². The highest BCUT2D eigenvalue weighted by Gasteiger charge is 2.34. The molecule has 0 aliphatic carbocycles. The van der Waals surface area contributed by atoms with E-state index in [2.05, 4.69) is 5.32 Å². The van der Waals surface area contributed by atoms with Gasteiger partial charge in [0.2, 0.25) is 0 Å². The average Bonchev–Trinajstić information content (AvgIpc) is 2.88. The first kappa shape index (κ1) is 14.7. The van der Waals surface area contributed by atoms with E-state index >= 15 is 0 Å². The quantitative estimate of drug-likeness (QED) is 0.901. The van der Waals surface area contributed by atoms with Crippen LogP contribution < -0.4 is 5.32 Å². The van der Waals surface area contributed by atoms with Crippen molar-refractivity contribution < 1.29 is 14.7 Å². The van der Waals surface area contributed by atoms with E-state index in [0.717, 1.165) is 5.56 Å². The third-order valence-corrected chi connectivity index (χ3v) is 3.85. The molecule has 1 aromatic carbocycles. The van der Waals surface area contributed by atoms with Gasteiger partial charge >= 0.3 is 12.0 Å². The molecule has 1 aliphatic rings. The zero-order valence-electron chi connectivity index (χ0n) is 11.2. The van der Waals surface area contributed by atoms with E-state index in [4.69, 9.17) is 16.7 Å². The maximum atomic E-state index is 12.2. The summed E-state index contributed by atoms with van der Waals surface area (Å²) in [6.07, 6.45) is 1.22. The summed E-state index contributed by atoms with van der Waals surface area (Å²) in [6, 6.07) is 5.91. The molecule has 1 heterocycles. The Labute approximate surface area is 122 Å². The normalized spacial score (nSPS) is 19.7. The Bertz CT molecular complexity index is 521. The van der Waals surface area contributed by atoms with Gasteiger partial charge in [-0.05, 0) is 31.4 Å². The zero-order chi connectivity index (χ0) is 14.7. The molecular weight excluding hydrogens is 280 g/mol. The Morgan fingerprint density at radius 1 is 1.45 bits per heavy atom. The van der Waals surface area contributed by atoms with Gasteiger partial charge in [-0.1, -0.05) is 29.8 Å². The Hall–Kier alpha value is -1.75. The number of benzene rings is 1. The van der Waals surface area contributed by atoms with Crippen LogP contribution in [0.25, 0.3) is 0 Å². The number of rotatable bonds is 3. The number of carbonyl (C=O) groups is 2. The fourth-order valence-electron chi connectivity index (χ4n) is 2.44. The van der Waals surface area contributed by atoms with Crippen molar-refractivity contribution >= 4 is 23.6 Å². The van der Waals surface area contributed by atoms with Gasteiger partial charge in [0, 0.05) is 11.6 Å². The van der Waals surface area contributed by atoms with Crippen LogP contribution in [0.3, 0.4) is 0 Å². The summed E-state index contributed by atoms with van der Waals surface area (Å²) in [6.45, 7) is 2.29. The van der Waals surface area contributed by atoms with Crippen molar-refractivity contribution in [1.29, 1.82) is 0 Å². The van der Waals surface area contributed by atoms with Crippen molar-refractivity contribution in [3.05, 3.63) is 34.9 Å². The summed E-state index contributed by atoms with van der Waals surface area (Å²) in [5.74, 6) is -0.956. The number of aliphatic carboxylic acids is 1. The lowest BCUT2D eigenvalue weighted by Crippen LogP contribution is -2.46. The van der Waals surface area contributed by atoms with E-state index in [1.165, 1.54) is 4.90 Å². The second-order valence-corrected chi connectivity index (χ2v) is 5.29. The number of urea groups is 1. The minimum Gasteiger partial charge on any atom is -0.480 e. The molecule has 20 heavy (non-hydrogen) atoms. The number of carboxylic acids is 1. The fraction of sp³-hybridized carbons (Fsp3) is 0.429. The molecule has 108 valence electrons. The molecule has 0 bridgehead atoms. The van der Waals surface area contributed by atoms with Gasteiger partial charge < -0.3 is 15.3 Å². The molecule has 5 nitrogen and oxygen atoms in total. The van der Waals surface area contributed by atoms with Crippen LogP contribution in [-0.4, -0.2) is 34.6 Å². The monoisotopic (exact) mass is 296 g/mol. The molecule has 1 aromatic rings. The number of carboxylic acid groups (broad SMARTS) is 1. The first-order valence-corrected chi connectivity index (χ1v) is 6.93. The van der Waals surface area contributed by atoms with E-state index in [1.807, 2.05) is 25.1 Å². The molecule has 1 aliphatic heterocycles. The Morgan fingerprint density at radius 2 is 2.15 bits per heavy atom. The zero-order valence-corrected chi connectivity index (χ0v) is 11.9. The number of amides is 2. The lowest BCUT2D eigenvalue weighted by Gasteiger charge is -2.24. The lowest BCUT2D eigenvalue weighted by molar-refractivity contribution is -0.141. The number of nitrogens with one attached hydrogen (secondary N) is 1. The summed E-state index contributed by atoms with van der Waals surface area (Å²) in [5, 5.41) is 12.5.